The van der Waals surface area contributed by atoms with E-state index in [4.69, 9.17) is 18.9 Å². The molecule has 30 heavy (non-hydrogen) atoms. The minimum atomic E-state index is -0.0370. The third kappa shape index (κ3) is 4.06. The van der Waals surface area contributed by atoms with Crippen molar-refractivity contribution in [1.82, 2.24) is 14.8 Å². The number of carbonyl (C=O) groups excluding carboxylic acids is 1. The largest absolute Gasteiger partial charge is 0.471 e. The van der Waals surface area contributed by atoms with Gasteiger partial charge in [-0.15, -0.1) is 0 Å². The molecule has 1 amide bonds. The van der Waals surface area contributed by atoms with Crippen molar-refractivity contribution in [3.05, 3.63) is 47.7 Å². The van der Waals surface area contributed by atoms with E-state index in [2.05, 4.69) is 16.0 Å². The quantitative estimate of drug-likeness (QED) is 0.744. The van der Waals surface area contributed by atoms with Gasteiger partial charge in [-0.2, -0.15) is 0 Å². The second kappa shape index (κ2) is 8.49. The van der Waals surface area contributed by atoms with E-state index in [9.17, 15) is 4.79 Å². The van der Waals surface area contributed by atoms with Gasteiger partial charge in [0.2, 0.25) is 12.7 Å². The van der Waals surface area contributed by atoms with Crippen molar-refractivity contribution in [3.63, 3.8) is 0 Å². The molecule has 3 aliphatic heterocycles. The van der Waals surface area contributed by atoms with Gasteiger partial charge in [0.25, 0.3) is 5.91 Å². The second-order valence-corrected chi connectivity index (χ2v) is 7.72. The summed E-state index contributed by atoms with van der Waals surface area (Å²) in [4.78, 5) is 21.6. The van der Waals surface area contributed by atoms with E-state index in [0.29, 0.717) is 37.7 Å². The van der Waals surface area contributed by atoms with Crippen molar-refractivity contribution in [2.75, 3.05) is 46.2 Å². The lowest BCUT2D eigenvalue weighted by molar-refractivity contribution is 0.0618. The minimum Gasteiger partial charge on any atom is -0.471 e. The predicted octanol–water partition coefficient (Wildman–Crippen LogP) is 1.94. The Balaban J connectivity index is 1.19. The first kappa shape index (κ1) is 19.1. The molecular formula is C22H25N3O5. The first-order chi connectivity index (χ1) is 14.8. The van der Waals surface area contributed by atoms with E-state index < -0.39 is 0 Å². The van der Waals surface area contributed by atoms with E-state index in [-0.39, 0.29) is 18.8 Å². The Labute approximate surface area is 175 Å². The lowest BCUT2D eigenvalue weighted by atomic mass is 10.1. The molecule has 0 N–H and O–H groups in total. The highest BCUT2D eigenvalue weighted by molar-refractivity contribution is 5.96. The number of hydrogen-bond donors (Lipinski definition) is 0. The topological polar surface area (TPSA) is 73.4 Å². The van der Waals surface area contributed by atoms with Gasteiger partial charge in [-0.25, -0.2) is 4.98 Å². The van der Waals surface area contributed by atoms with Gasteiger partial charge in [0.15, 0.2) is 11.5 Å². The SMILES string of the molecule is O=C(c1cccnc1OC1CCOC1)N1CCN(Cc2ccc3c(c2)OCO3)CC1. The van der Waals surface area contributed by atoms with Gasteiger partial charge in [-0.3, -0.25) is 9.69 Å². The fourth-order valence-electron chi connectivity index (χ4n) is 3.99. The van der Waals surface area contributed by atoms with Crippen molar-refractivity contribution in [2.24, 2.45) is 0 Å². The highest BCUT2D eigenvalue weighted by atomic mass is 16.7. The van der Waals surface area contributed by atoms with Gasteiger partial charge in [-0.05, 0) is 29.8 Å². The second-order valence-electron chi connectivity index (χ2n) is 7.72. The summed E-state index contributed by atoms with van der Waals surface area (Å²) in [7, 11) is 0. The van der Waals surface area contributed by atoms with Crippen LogP contribution in [0.25, 0.3) is 0 Å². The summed E-state index contributed by atoms with van der Waals surface area (Å²) < 4.78 is 22.1. The summed E-state index contributed by atoms with van der Waals surface area (Å²) >= 11 is 0. The molecule has 2 saturated heterocycles. The summed E-state index contributed by atoms with van der Waals surface area (Å²) in [6.07, 6.45) is 2.44. The van der Waals surface area contributed by atoms with Crippen molar-refractivity contribution in [2.45, 2.75) is 19.1 Å². The van der Waals surface area contributed by atoms with Crippen LogP contribution in [0, 0.1) is 0 Å². The van der Waals surface area contributed by atoms with Crippen LogP contribution in [-0.2, 0) is 11.3 Å². The van der Waals surface area contributed by atoms with Gasteiger partial charge in [0.1, 0.15) is 11.7 Å². The normalized spacial score (nSPS) is 21.1. The van der Waals surface area contributed by atoms with Crippen molar-refractivity contribution >= 4 is 5.91 Å². The van der Waals surface area contributed by atoms with E-state index in [0.717, 1.165) is 37.6 Å². The standard InChI is InChI=1S/C22H25N3O5/c26-22(18-2-1-6-23-21(18)30-17-5-11-27-14-17)25-9-7-24(8-10-25)13-16-3-4-19-20(12-16)29-15-28-19/h1-4,6,12,17H,5,7-11,13-15H2. The Bertz CT molecular complexity index is 907. The van der Waals surface area contributed by atoms with Gasteiger partial charge in [0.05, 0.1) is 13.2 Å². The number of pyridine rings is 1. The third-order valence-electron chi connectivity index (χ3n) is 5.67. The molecule has 8 heteroatoms. The van der Waals surface area contributed by atoms with Gasteiger partial charge in [0, 0.05) is 45.3 Å². The van der Waals surface area contributed by atoms with Gasteiger partial charge >= 0.3 is 0 Å². The first-order valence-electron chi connectivity index (χ1n) is 10.4. The number of amides is 1. The molecular weight excluding hydrogens is 386 g/mol. The summed E-state index contributed by atoms with van der Waals surface area (Å²) in [5, 5.41) is 0. The van der Waals surface area contributed by atoms with Crippen LogP contribution in [0.1, 0.15) is 22.3 Å². The van der Waals surface area contributed by atoms with Crippen LogP contribution < -0.4 is 14.2 Å². The highest BCUT2D eigenvalue weighted by Gasteiger charge is 2.27. The summed E-state index contributed by atoms with van der Waals surface area (Å²) in [6.45, 7) is 5.30. The van der Waals surface area contributed by atoms with Crippen molar-refractivity contribution in [3.8, 4) is 17.4 Å². The molecule has 1 atom stereocenters. The van der Waals surface area contributed by atoms with Gasteiger partial charge < -0.3 is 23.8 Å². The molecule has 2 aromatic rings. The number of nitrogens with zero attached hydrogens (tertiary/aromatic N) is 3. The lowest BCUT2D eigenvalue weighted by Gasteiger charge is -2.35. The molecule has 1 aromatic heterocycles. The third-order valence-corrected chi connectivity index (χ3v) is 5.67. The Morgan fingerprint density at radius 1 is 1.13 bits per heavy atom. The molecule has 0 saturated carbocycles. The minimum absolute atomic E-state index is 0.0280. The van der Waals surface area contributed by atoms with Crippen LogP contribution in [0.2, 0.25) is 0 Å². The van der Waals surface area contributed by atoms with E-state index >= 15 is 0 Å². The van der Waals surface area contributed by atoms with Crippen LogP contribution in [0.15, 0.2) is 36.5 Å². The van der Waals surface area contributed by atoms with Gasteiger partial charge in [-0.1, -0.05) is 6.07 Å². The maximum Gasteiger partial charge on any atom is 0.259 e. The Morgan fingerprint density at radius 2 is 2.00 bits per heavy atom. The van der Waals surface area contributed by atoms with Crippen molar-refractivity contribution < 1.29 is 23.7 Å². The predicted molar refractivity (Wildman–Crippen MR) is 108 cm³/mol. The number of hydrogen-bond acceptors (Lipinski definition) is 7. The van der Waals surface area contributed by atoms with Crippen LogP contribution in [0.3, 0.4) is 0 Å². The molecule has 0 spiro atoms. The molecule has 8 nitrogen and oxygen atoms in total. The summed E-state index contributed by atoms with van der Waals surface area (Å²) in [6, 6.07) is 9.63. The number of piperazine rings is 1. The summed E-state index contributed by atoms with van der Waals surface area (Å²) in [5.74, 6) is 1.98. The number of aromatic nitrogens is 1. The van der Waals surface area contributed by atoms with Crippen LogP contribution >= 0.6 is 0 Å². The average molecular weight is 411 g/mol. The fourth-order valence-corrected chi connectivity index (χ4v) is 3.99. The van der Waals surface area contributed by atoms with E-state index in [1.165, 1.54) is 5.56 Å². The average Bonchev–Trinajstić information content (AvgIpc) is 3.46. The molecule has 5 rings (SSSR count). The zero-order valence-electron chi connectivity index (χ0n) is 16.8. The maximum absolute atomic E-state index is 13.1. The molecule has 0 aliphatic carbocycles. The molecule has 3 aliphatic rings. The number of benzene rings is 1. The fraction of sp³-hybridized carbons (Fsp3) is 0.455. The molecule has 1 aromatic carbocycles. The monoisotopic (exact) mass is 411 g/mol. The number of rotatable bonds is 5. The zero-order chi connectivity index (χ0) is 20.3. The lowest BCUT2D eigenvalue weighted by Crippen LogP contribution is -2.48. The van der Waals surface area contributed by atoms with Crippen molar-refractivity contribution in [1.29, 1.82) is 0 Å². The number of carbonyl (C=O) groups is 1. The summed E-state index contributed by atoms with van der Waals surface area (Å²) in [5.41, 5.74) is 1.70. The first-order valence-corrected chi connectivity index (χ1v) is 10.4. The Kier molecular flexibility index (Phi) is 5.42. The maximum atomic E-state index is 13.1. The number of ether oxygens (including phenoxy) is 4. The zero-order valence-corrected chi connectivity index (χ0v) is 16.8. The Morgan fingerprint density at radius 3 is 2.83 bits per heavy atom. The van der Waals surface area contributed by atoms with Crippen LogP contribution in [0.5, 0.6) is 17.4 Å². The van der Waals surface area contributed by atoms with E-state index in [1.807, 2.05) is 17.0 Å². The van der Waals surface area contributed by atoms with E-state index in [1.54, 1.807) is 18.3 Å². The van der Waals surface area contributed by atoms with Crippen LogP contribution in [0.4, 0.5) is 0 Å². The highest BCUT2D eigenvalue weighted by Crippen LogP contribution is 2.33. The van der Waals surface area contributed by atoms with Crippen LogP contribution in [-0.4, -0.2) is 73.0 Å². The molecule has 158 valence electrons. The molecule has 0 radical (unpaired) electrons. The smallest absolute Gasteiger partial charge is 0.259 e. The Hall–Kier alpha value is -2.84. The number of fused-ring (bicyclic) bond motifs is 1. The molecule has 2 fully saturated rings. The molecule has 4 heterocycles. The molecule has 0 bridgehead atoms. The molecule has 1 unspecified atom stereocenters.